The predicted octanol–water partition coefficient (Wildman–Crippen LogP) is 4.43. The van der Waals surface area contributed by atoms with Gasteiger partial charge in [-0.2, -0.15) is 0 Å². The monoisotopic (exact) mass is 390 g/mol. The Labute approximate surface area is 168 Å². The van der Waals surface area contributed by atoms with Crippen molar-refractivity contribution in [2.75, 3.05) is 12.4 Å². The van der Waals surface area contributed by atoms with Crippen LogP contribution in [0.2, 0.25) is 0 Å². The average Bonchev–Trinajstić information content (AvgIpc) is 3.52. The molecule has 1 aliphatic rings. The number of hydrogen-bond donors (Lipinski definition) is 1. The third kappa shape index (κ3) is 4.21. The maximum atomic E-state index is 12.5. The topological polar surface area (TPSA) is 81.4 Å². The molecule has 4 rings (SSSR count). The van der Waals surface area contributed by atoms with Crippen molar-refractivity contribution in [3.8, 4) is 17.2 Å². The first-order valence-corrected chi connectivity index (χ1v) is 9.59. The molecule has 0 saturated heterocycles. The number of anilines is 1. The van der Waals surface area contributed by atoms with E-state index in [1.54, 1.807) is 38.3 Å². The van der Waals surface area contributed by atoms with Crippen LogP contribution in [0.15, 0.2) is 52.9 Å². The van der Waals surface area contributed by atoms with Crippen molar-refractivity contribution < 1.29 is 18.7 Å². The molecule has 1 heterocycles. The van der Waals surface area contributed by atoms with Crippen LogP contribution in [0.3, 0.4) is 0 Å². The first-order valence-electron chi connectivity index (χ1n) is 9.59. The van der Waals surface area contributed by atoms with Crippen molar-refractivity contribution in [3.63, 3.8) is 0 Å². The van der Waals surface area contributed by atoms with E-state index >= 15 is 0 Å². The molecule has 0 spiro atoms. The molecule has 1 amide bonds. The Morgan fingerprint density at radius 2 is 1.86 bits per heavy atom. The number of Topliss-reactive ketones (excluding diaryl/α,β-unsaturated/α-hetero) is 1. The minimum Gasteiger partial charge on any atom is -0.496 e. The van der Waals surface area contributed by atoms with Crippen LogP contribution in [0.4, 0.5) is 5.69 Å². The maximum Gasteiger partial charge on any atom is 0.230 e. The molecule has 0 unspecified atom stereocenters. The Bertz CT molecular complexity index is 1050. The van der Waals surface area contributed by atoms with Crippen molar-refractivity contribution in [1.82, 2.24) is 4.98 Å². The number of carbonyl (C=O) groups is 2. The van der Waals surface area contributed by atoms with E-state index in [-0.39, 0.29) is 24.0 Å². The van der Waals surface area contributed by atoms with Gasteiger partial charge in [0.1, 0.15) is 11.5 Å². The standard InChI is InChI=1S/C23H22N2O4/c1-14-19(25-23(29-14)18-5-3-4-6-20(18)28-2)13-21(26)24-17-11-9-16(10-12-17)22(27)15-7-8-15/h3-6,9-12,15H,7-8,13H2,1-2H3,(H,24,26). The molecule has 1 aromatic heterocycles. The van der Waals surface area contributed by atoms with E-state index in [4.69, 9.17) is 9.15 Å². The number of aromatic nitrogens is 1. The van der Waals surface area contributed by atoms with Gasteiger partial charge in [0.05, 0.1) is 24.8 Å². The van der Waals surface area contributed by atoms with Gasteiger partial charge in [-0.1, -0.05) is 12.1 Å². The van der Waals surface area contributed by atoms with E-state index in [1.807, 2.05) is 24.3 Å². The Hall–Kier alpha value is -3.41. The largest absolute Gasteiger partial charge is 0.496 e. The van der Waals surface area contributed by atoms with Gasteiger partial charge in [0.2, 0.25) is 11.8 Å². The Kier molecular flexibility index (Phi) is 5.16. The minimum atomic E-state index is -0.200. The fourth-order valence-corrected chi connectivity index (χ4v) is 3.18. The van der Waals surface area contributed by atoms with Crippen molar-refractivity contribution in [3.05, 3.63) is 65.5 Å². The summed E-state index contributed by atoms with van der Waals surface area (Å²) in [5.74, 6) is 1.84. The second-order valence-corrected chi connectivity index (χ2v) is 7.16. The number of nitrogens with zero attached hydrogens (tertiary/aromatic N) is 1. The van der Waals surface area contributed by atoms with Crippen LogP contribution in [-0.4, -0.2) is 23.8 Å². The van der Waals surface area contributed by atoms with Gasteiger partial charge in [-0.15, -0.1) is 0 Å². The van der Waals surface area contributed by atoms with E-state index in [0.29, 0.717) is 34.3 Å². The third-order valence-corrected chi connectivity index (χ3v) is 4.96. The summed E-state index contributed by atoms with van der Waals surface area (Å²) in [7, 11) is 1.59. The van der Waals surface area contributed by atoms with Gasteiger partial charge in [-0.25, -0.2) is 4.98 Å². The van der Waals surface area contributed by atoms with Gasteiger partial charge in [-0.3, -0.25) is 9.59 Å². The number of amides is 1. The summed E-state index contributed by atoms with van der Waals surface area (Å²) in [6, 6.07) is 14.5. The number of carbonyl (C=O) groups excluding carboxylic acids is 2. The molecular weight excluding hydrogens is 368 g/mol. The zero-order chi connectivity index (χ0) is 20.4. The maximum absolute atomic E-state index is 12.5. The number of methoxy groups -OCH3 is 1. The lowest BCUT2D eigenvalue weighted by Crippen LogP contribution is -2.15. The predicted molar refractivity (Wildman–Crippen MR) is 109 cm³/mol. The lowest BCUT2D eigenvalue weighted by atomic mass is 10.1. The van der Waals surface area contributed by atoms with E-state index in [9.17, 15) is 9.59 Å². The summed E-state index contributed by atoms with van der Waals surface area (Å²) >= 11 is 0. The number of rotatable bonds is 7. The quantitative estimate of drug-likeness (QED) is 0.604. The second-order valence-electron chi connectivity index (χ2n) is 7.16. The molecule has 0 atom stereocenters. The number of ketones is 1. The molecule has 3 aromatic rings. The summed E-state index contributed by atoms with van der Waals surface area (Å²) in [6.45, 7) is 1.78. The number of hydrogen-bond acceptors (Lipinski definition) is 5. The highest BCUT2D eigenvalue weighted by Crippen LogP contribution is 2.33. The molecule has 0 aliphatic heterocycles. The first kappa shape index (κ1) is 18.9. The summed E-state index contributed by atoms with van der Waals surface area (Å²) < 4.78 is 11.1. The Balaban J connectivity index is 1.43. The molecule has 6 nitrogen and oxygen atoms in total. The molecule has 1 N–H and O–H groups in total. The van der Waals surface area contributed by atoms with Gasteiger partial charge in [0.25, 0.3) is 0 Å². The molecule has 0 radical (unpaired) electrons. The molecule has 1 aliphatic carbocycles. The van der Waals surface area contributed by atoms with Gasteiger partial charge in [0.15, 0.2) is 5.78 Å². The average molecular weight is 390 g/mol. The Morgan fingerprint density at radius 3 is 2.55 bits per heavy atom. The normalized spacial score (nSPS) is 13.2. The van der Waals surface area contributed by atoms with Crippen molar-refractivity contribution in [2.45, 2.75) is 26.2 Å². The number of ether oxygens (including phenoxy) is 1. The molecule has 148 valence electrons. The van der Waals surface area contributed by atoms with Gasteiger partial charge >= 0.3 is 0 Å². The van der Waals surface area contributed by atoms with Crippen molar-refractivity contribution in [2.24, 2.45) is 5.92 Å². The number of benzene rings is 2. The van der Waals surface area contributed by atoms with E-state index in [1.165, 1.54) is 0 Å². The molecule has 1 saturated carbocycles. The van der Waals surface area contributed by atoms with Crippen LogP contribution in [0.5, 0.6) is 5.75 Å². The molecule has 6 heteroatoms. The molecule has 2 aromatic carbocycles. The van der Waals surface area contributed by atoms with Crippen LogP contribution in [0.1, 0.15) is 34.7 Å². The van der Waals surface area contributed by atoms with E-state index in [0.717, 1.165) is 18.4 Å². The first-order chi connectivity index (χ1) is 14.0. The highest BCUT2D eigenvalue weighted by molar-refractivity contribution is 6.00. The van der Waals surface area contributed by atoms with Crippen LogP contribution in [0.25, 0.3) is 11.5 Å². The van der Waals surface area contributed by atoms with E-state index < -0.39 is 0 Å². The number of oxazole rings is 1. The molecule has 1 fully saturated rings. The van der Waals surface area contributed by atoms with Crippen molar-refractivity contribution in [1.29, 1.82) is 0 Å². The SMILES string of the molecule is COc1ccccc1-c1nc(CC(=O)Nc2ccc(C(=O)C3CC3)cc2)c(C)o1. The summed E-state index contributed by atoms with van der Waals surface area (Å²) in [5.41, 5.74) is 2.65. The Morgan fingerprint density at radius 1 is 1.14 bits per heavy atom. The van der Waals surface area contributed by atoms with Gasteiger partial charge in [0, 0.05) is 17.2 Å². The molecular formula is C23H22N2O4. The number of para-hydroxylation sites is 1. The fraction of sp³-hybridized carbons (Fsp3) is 0.261. The van der Waals surface area contributed by atoms with Crippen LogP contribution >= 0.6 is 0 Å². The zero-order valence-corrected chi connectivity index (χ0v) is 16.4. The smallest absolute Gasteiger partial charge is 0.230 e. The second kappa shape index (κ2) is 7.91. The number of aryl methyl sites for hydroxylation is 1. The lowest BCUT2D eigenvalue weighted by Gasteiger charge is -2.05. The lowest BCUT2D eigenvalue weighted by molar-refractivity contribution is -0.115. The van der Waals surface area contributed by atoms with E-state index in [2.05, 4.69) is 10.3 Å². The molecule has 29 heavy (non-hydrogen) atoms. The molecule has 0 bridgehead atoms. The highest BCUT2D eigenvalue weighted by atomic mass is 16.5. The fourth-order valence-electron chi connectivity index (χ4n) is 3.18. The van der Waals surface area contributed by atoms with Crippen LogP contribution < -0.4 is 10.1 Å². The summed E-state index contributed by atoms with van der Waals surface area (Å²) in [5, 5.41) is 2.84. The summed E-state index contributed by atoms with van der Waals surface area (Å²) in [4.78, 5) is 29.0. The number of nitrogens with one attached hydrogen (secondary N) is 1. The van der Waals surface area contributed by atoms with Crippen molar-refractivity contribution >= 4 is 17.4 Å². The van der Waals surface area contributed by atoms with Gasteiger partial charge in [-0.05, 0) is 56.2 Å². The van der Waals surface area contributed by atoms with Crippen LogP contribution in [-0.2, 0) is 11.2 Å². The zero-order valence-electron chi connectivity index (χ0n) is 16.4. The van der Waals surface area contributed by atoms with Gasteiger partial charge < -0.3 is 14.5 Å². The van der Waals surface area contributed by atoms with Crippen LogP contribution in [0, 0.1) is 12.8 Å². The summed E-state index contributed by atoms with van der Waals surface area (Å²) in [6.07, 6.45) is 2.05. The third-order valence-electron chi connectivity index (χ3n) is 4.96. The highest BCUT2D eigenvalue weighted by Gasteiger charge is 2.30. The minimum absolute atomic E-state index is 0.0905.